The Morgan fingerprint density at radius 1 is 1.60 bits per heavy atom. The molecule has 80 valence electrons. The van der Waals surface area contributed by atoms with Crippen molar-refractivity contribution in [2.24, 2.45) is 10.8 Å². The van der Waals surface area contributed by atoms with Crippen LogP contribution >= 0.6 is 24.0 Å². The molecule has 0 aliphatic rings. The van der Waals surface area contributed by atoms with Crippen molar-refractivity contribution in [3.05, 3.63) is 30.1 Å². The SMILES string of the molecule is CSC(=S)N(C)/N=C(\N)c1ccccn1. The number of aromatic nitrogens is 1. The van der Waals surface area contributed by atoms with Crippen LogP contribution in [0.15, 0.2) is 29.5 Å². The van der Waals surface area contributed by atoms with Gasteiger partial charge in [-0.3, -0.25) is 4.98 Å². The molecule has 0 spiro atoms. The van der Waals surface area contributed by atoms with Gasteiger partial charge < -0.3 is 5.73 Å². The summed E-state index contributed by atoms with van der Waals surface area (Å²) >= 11 is 6.50. The van der Waals surface area contributed by atoms with Gasteiger partial charge in [-0.05, 0) is 18.4 Å². The standard InChI is InChI=1S/C9H12N4S2/c1-13(9(14)15-2)12-8(10)7-5-3-4-6-11-7/h3-6H,1-2H3,(H2,10,12). The molecule has 0 aromatic carbocycles. The first-order chi connectivity index (χ1) is 7.15. The molecule has 0 radical (unpaired) electrons. The van der Waals surface area contributed by atoms with E-state index >= 15 is 0 Å². The molecule has 1 aromatic rings. The molecular weight excluding hydrogens is 228 g/mol. The van der Waals surface area contributed by atoms with Crippen LogP contribution in [0.2, 0.25) is 0 Å². The molecule has 1 rings (SSSR count). The fourth-order valence-corrected chi connectivity index (χ4v) is 1.25. The zero-order chi connectivity index (χ0) is 11.3. The number of hydrazone groups is 1. The second-order valence-corrected chi connectivity index (χ2v) is 4.13. The molecule has 6 heteroatoms. The van der Waals surface area contributed by atoms with E-state index in [1.165, 1.54) is 11.8 Å². The first-order valence-electron chi connectivity index (χ1n) is 4.22. The van der Waals surface area contributed by atoms with Crippen molar-refractivity contribution >= 4 is 34.1 Å². The van der Waals surface area contributed by atoms with Crippen LogP contribution in [0.1, 0.15) is 5.69 Å². The summed E-state index contributed by atoms with van der Waals surface area (Å²) in [5, 5.41) is 5.68. The zero-order valence-corrected chi connectivity index (χ0v) is 10.2. The minimum Gasteiger partial charge on any atom is -0.380 e. The van der Waals surface area contributed by atoms with Crippen molar-refractivity contribution in [1.29, 1.82) is 0 Å². The summed E-state index contributed by atoms with van der Waals surface area (Å²) < 4.78 is 0.661. The monoisotopic (exact) mass is 240 g/mol. The van der Waals surface area contributed by atoms with Crippen LogP contribution in [-0.4, -0.2) is 33.5 Å². The number of thiocarbonyl (C=S) groups is 1. The Morgan fingerprint density at radius 2 is 2.33 bits per heavy atom. The molecule has 0 saturated heterocycles. The van der Waals surface area contributed by atoms with Crippen LogP contribution in [0.3, 0.4) is 0 Å². The minimum atomic E-state index is 0.356. The number of nitrogens with two attached hydrogens (primary N) is 1. The third-order valence-corrected chi connectivity index (χ3v) is 3.00. The Labute approximate surface area is 98.6 Å². The highest BCUT2D eigenvalue weighted by Gasteiger charge is 2.03. The number of hydrogen-bond donors (Lipinski definition) is 1. The number of nitrogens with zero attached hydrogens (tertiary/aromatic N) is 3. The summed E-state index contributed by atoms with van der Waals surface area (Å²) in [5.74, 6) is 0.356. The number of amidine groups is 1. The van der Waals surface area contributed by atoms with Gasteiger partial charge in [-0.2, -0.15) is 5.10 Å². The fraction of sp³-hybridized carbons (Fsp3) is 0.222. The number of pyridine rings is 1. The van der Waals surface area contributed by atoms with Crippen LogP contribution < -0.4 is 5.73 Å². The molecule has 0 fully saturated rings. The Kier molecular flexibility index (Phi) is 4.51. The van der Waals surface area contributed by atoms with E-state index < -0.39 is 0 Å². The Hall–Kier alpha value is -1.14. The van der Waals surface area contributed by atoms with Crippen molar-refractivity contribution in [2.45, 2.75) is 0 Å². The molecule has 1 heterocycles. The third-order valence-electron chi connectivity index (χ3n) is 1.62. The lowest BCUT2D eigenvalue weighted by Crippen LogP contribution is -2.23. The predicted molar refractivity (Wildman–Crippen MR) is 68.8 cm³/mol. The maximum Gasteiger partial charge on any atom is 0.169 e. The Bertz CT molecular complexity index is 364. The highest BCUT2D eigenvalue weighted by atomic mass is 32.2. The summed E-state index contributed by atoms with van der Waals surface area (Å²) in [6.45, 7) is 0. The highest BCUT2D eigenvalue weighted by Crippen LogP contribution is 2.04. The lowest BCUT2D eigenvalue weighted by atomic mass is 10.3. The van der Waals surface area contributed by atoms with E-state index in [0.717, 1.165) is 0 Å². The van der Waals surface area contributed by atoms with Gasteiger partial charge in [0.1, 0.15) is 5.69 Å². The fourth-order valence-electron chi connectivity index (χ4n) is 0.900. The van der Waals surface area contributed by atoms with Crippen LogP contribution in [0.5, 0.6) is 0 Å². The van der Waals surface area contributed by atoms with Crippen molar-refractivity contribution < 1.29 is 0 Å². The average molecular weight is 240 g/mol. The number of rotatable bonds is 2. The van der Waals surface area contributed by atoms with Gasteiger partial charge in [0.2, 0.25) is 0 Å². The van der Waals surface area contributed by atoms with Crippen molar-refractivity contribution in [3.8, 4) is 0 Å². The molecule has 15 heavy (non-hydrogen) atoms. The van der Waals surface area contributed by atoms with E-state index in [9.17, 15) is 0 Å². The largest absolute Gasteiger partial charge is 0.380 e. The Morgan fingerprint density at radius 3 is 2.87 bits per heavy atom. The van der Waals surface area contributed by atoms with Gasteiger partial charge in [-0.15, -0.1) is 0 Å². The van der Waals surface area contributed by atoms with Gasteiger partial charge in [0.15, 0.2) is 10.2 Å². The molecule has 0 unspecified atom stereocenters. The van der Waals surface area contributed by atoms with E-state index in [1.54, 1.807) is 24.3 Å². The quantitative estimate of drug-likeness (QED) is 0.365. The van der Waals surface area contributed by atoms with Crippen LogP contribution in [0, 0.1) is 0 Å². The van der Waals surface area contributed by atoms with E-state index in [-0.39, 0.29) is 0 Å². The molecule has 0 aliphatic heterocycles. The van der Waals surface area contributed by atoms with E-state index in [0.29, 0.717) is 15.9 Å². The first kappa shape index (κ1) is 11.9. The molecule has 0 atom stereocenters. The maximum atomic E-state index is 5.77. The summed E-state index contributed by atoms with van der Waals surface area (Å²) in [4.78, 5) is 4.08. The van der Waals surface area contributed by atoms with Crippen LogP contribution in [-0.2, 0) is 0 Å². The second-order valence-electron chi connectivity index (χ2n) is 2.69. The summed E-state index contributed by atoms with van der Waals surface area (Å²) in [7, 11) is 1.76. The van der Waals surface area contributed by atoms with Gasteiger partial charge in [-0.1, -0.05) is 30.0 Å². The predicted octanol–water partition coefficient (Wildman–Crippen LogP) is 1.28. The second kappa shape index (κ2) is 5.67. The van der Waals surface area contributed by atoms with Crippen LogP contribution in [0.4, 0.5) is 0 Å². The molecule has 4 nitrogen and oxygen atoms in total. The average Bonchev–Trinajstić information content (AvgIpc) is 2.29. The number of thioether (sulfide) groups is 1. The summed E-state index contributed by atoms with van der Waals surface area (Å²) in [6, 6.07) is 5.49. The van der Waals surface area contributed by atoms with Crippen molar-refractivity contribution in [2.75, 3.05) is 13.3 Å². The van der Waals surface area contributed by atoms with E-state index in [4.69, 9.17) is 18.0 Å². The van der Waals surface area contributed by atoms with E-state index in [1.807, 2.05) is 18.4 Å². The molecule has 2 N–H and O–H groups in total. The summed E-state index contributed by atoms with van der Waals surface area (Å²) in [5.41, 5.74) is 6.41. The molecule has 0 saturated carbocycles. The molecule has 0 bridgehead atoms. The van der Waals surface area contributed by atoms with E-state index in [2.05, 4.69) is 10.1 Å². The molecule has 0 aliphatic carbocycles. The topological polar surface area (TPSA) is 54.5 Å². The lowest BCUT2D eigenvalue weighted by Gasteiger charge is -2.12. The van der Waals surface area contributed by atoms with Gasteiger partial charge >= 0.3 is 0 Å². The van der Waals surface area contributed by atoms with Gasteiger partial charge in [0, 0.05) is 13.2 Å². The van der Waals surface area contributed by atoms with Crippen molar-refractivity contribution in [1.82, 2.24) is 9.99 Å². The van der Waals surface area contributed by atoms with Gasteiger partial charge in [-0.25, -0.2) is 5.01 Å². The molecule has 1 aromatic heterocycles. The normalized spacial score (nSPS) is 11.2. The minimum absolute atomic E-state index is 0.356. The smallest absolute Gasteiger partial charge is 0.169 e. The maximum absolute atomic E-state index is 5.77. The van der Waals surface area contributed by atoms with Crippen LogP contribution in [0.25, 0.3) is 0 Å². The van der Waals surface area contributed by atoms with Crippen molar-refractivity contribution in [3.63, 3.8) is 0 Å². The summed E-state index contributed by atoms with van der Waals surface area (Å²) in [6.07, 6.45) is 3.57. The third kappa shape index (κ3) is 3.49. The molecule has 0 amide bonds. The van der Waals surface area contributed by atoms with Gasteiger partial charge in [0.25, 0.3) is 0 Å². The van der Waals surface area contributed by atoms with Gasteiger partial charge in [0.05, 0.1) is 0 Å². The Balaban J connectivity index is 2.80. The lowest BCUT2D eigenvalue weighted by molar-refractivity contribution is 0.564. The highest BCUT2D eigenvalue weighted by molar-refractivity contribution is 8.22. The zero-order valence-electron chi connectivity index (χ0n) is 8.54. The first-order valence-corrected chi connectivity index (χ1v) is 5.85. The molecular formula is C9H12N4S2. The number of hydrogen-bond acceptors (Lipinski definition) is 4.